The van der Waals surface area contributed by atoms with Crippen LogP contribution in [0.4, 0.5) is 4.79 Å². The Morgan fingerprint density at radius 1 is 1.14 bits per heavy atom. The highest BCUT2D eigenvalue weighted by atomic mass is 16.6. The van der Waals surface area contributed by atoms with Gasteiger partial charge in [-0.15, -0.1) is 0 Å². The lowest BCUT2D eigenvalue weighted by Crippen LogP contribution is -2.46. The molecular formula is C17H36N2O3. The van der Waals surface area contributed by atoms with Gasteiger partial charge in [0.15, 0.2) is 0 Å². The van der Waals surface area contributed by atoms with Crippen molar-refractivity contribution in [3.05, 3.63) is 0 Å². The van der Waals surface area contributed by atoms with E-state index in [2.05, 4.69) is 38.3 Å². The maximum atomic E-state index is 11.6. The Bertz CT molecular complexity index is 319. The first-order chi connectivity index (χ1) is 9.95. The zero-order chi connectivity index (χ0) is 17.4. The van der Waals surface area contributed by atoms with Crippen molar-refractivity contribution in [2.45, 2.75) is 79.0 Å². The minimum absolute atomic E-state index is 0.209. The van der Waals surface area contributed by atoms with Crippen LogP contribution < -0.4 is 10.6 Å². The molecule has 2 atom stereocenters. The summed E-state index contributed by atoms with van der Waals surface area (Å²) in [4.78, 5) is 11.6. The number of alkyl carbamates (subject to hydrolysis) is 1. The average Bonchev–Trinajstić information content (AvgIpc) is 2.31. The first-order valence-electron chi connectivity index (χ1n) is 8.17. The lowest BCUT2D eigenvalue weighted by Gasteiger charge is -2.32. The van der Waals surface area contributed by atoms with E-state index in [1.165, 1.54) is 0 Å². The minimum atomic E-state index is -0.452. The second kappa shape index (κ2) is 9.36. The van der Waals surface area contributed by atoms with Crippen LogP contribution in [0, 0.1) is 5.41 Å². The van der Waals surface area contributed by atoms with E-state index in [4.69, 9.17) is 9.47 Å². The van der Waals surface area contributed by atoms with Gasteiger partial charge < -0.3 is 20.1 Å². The van der Waals surface area contributed by atoms with E-state index < -0.39 is 5.60 Å². The van der Waals surface area contributed by atoms with Gasteiger partial charge in [0.25, 0.3) is 0 Å². The molecule has 0 bridgehead atoms. The summed E-state index contributed by atoms with van der Waals surface area (Å²) in [5.41, 5.74) is -0.243. The molecule has 22 heavy (non-hydrogen) atoms. The van der Waals surface area contributed by atoms with Gasteiger partial charge in [0, 0.05) is 25.7 Å². The Kier molecular flexibility index (Phi) is 9.01. The van der Waals surface area contributed by atoms with Gasteiger partial charge in [-0.3, -0.25) is 0 Å². The van der Waals surface area contributed by atoms with Crippen LogP contribution in [0.1, 0.15) is 61.3 Å². The molecule has 0 aromatic carbocycles. The summed E-state index contributed by atoms with van der Waals surface area (Å²) in [6.45, 7) is 15.7. The summed E-state index contributed by atoms with van der Waals surface area (Å²) in [5.74, 6) is 0. The number of ether oxygens (including phenoxy) is 2. The van der Waals surface area contributed by atoms with Gasteiger partial charge in [-0.05, 0) is 46.0 Å². The summed E-state index contributed by atoms with van der Waals surface area (Å²) in [5, 5.41) is 6.41. The molecule has 0 aliphatic heterocycles. The van der Waals surface area contributed by atoms with Crippen LogP contribution in [-0.4, -0.2) is 44.0 Å². The van der Waals surface area contributed by atoms with Crippen molar-refractivity contribution in [3.63, 3.8) is 0 Å². The topological polar surface area (TPSA) is 59.6 Å². The average molecular weight is 316 g/mol. The Morgan fingerprint density at radius 2 is 1.73 bits per heavy atom. The van der Waals surface area contributed by atoms with Gasteiger partial charge in [0.2, 0.25) is 0 Å². The molecule has 132 valence electrons. The third-order valence-electron chi connectivity index (χ3n) is 3.55. The molecule has 0 saturated carbocycles. The molecule has 1 amide bonds. The molecular weight excluding hydrogens is 280 g/mol. The molecule has 2 N–H and O–H groups in total. The molecule has 0 saturated heterocycles. The van der Waals surface area contributed by atoms with Crippen LogP contribution in [0.2, 0.25) is 0 Å². The van der Waals surface area contributed by atoms with Crippen LogP contribution >= 0.6 is 0 Å². The minimum Gasteiger partial charge on any atom is -0.444 e. The van der Waals surface area contributed by atoms with E-state index in [1.807, 2.05) is 20.8 Å². The van der Waals surface area contributed by atoms with Gasteiger partial charge in [0.1, 0.15) is 5.60 Å². The number of amides is 1. The number of hydrogen-bond acceptors (Lipinski definition) is 4. The fourth-order valence-electron chi connectivity index (χ4n) is 1.87. The highest BCUT2D eigenvalue weighted by molar-refractivity contribution is 5.67. The van der Waals surface area contributed by atoms with Gasteiger partial charge >= 0.3 is 6.09 Å². The Hall–Kier alpha value is -0.810. The molecule has 2 unspecified atom stereocenters. The quantitative estimate of drug-likeness (QED) is 0.674. The fourth-order valence-corrected chi connectivity index (χ4v) is 1.87. The van der Waals surface area contributed by atoms with E-state index in [0.29, 0.717) is 25.2 Å². The predicted octanol–water partition coefficient (Wildman–Crippen LogP) is 3.33. The molecule has 0 aliphatic carbocycles. The highest BCUT2D eigenvalue weighted by Gasteiger charge is 2.22. The van der Waals surface area contributed by atoms with Gasteiger partial charge in [-0.1, -0.05) is 20.8 Å². The smallest absolute Gasteiger partial charge is 0.407 e. The van der Waals surface area contributed by atoms with Crippen molar-refractivity contribution < 1.29 is 14.3 Å². The Balaban J connectivity index is 4.08. The van der Waals surface area contributed by atoms with Crippen LogP contribution in [0.3, 0.4) is 0 Å². The number of carbonyl (C=O) groups excluding carboxylic acids is 1. The van der Waals surface area contributed by atoms with Crippen LogP contribution in [0.5, 0.6) is 0 Å². The lowest BCUT2D eigenvalue weighted by molar-refractivity contribution is 0.0525. The standard InChI is InChI=1S/C17H36N2O3/c1-13(16(2,3)4)19-14(12-21-8)10-9-11-18-15(20)22-17(5,6)7/h13-14,19H,9-12H2,1-8H3,(H,18,20). The largest absolute Gasteiger partial charge is 0.444 e. The van der Waals surface area contributed by atoms with Crippen molar-refractivity contribution in [3.8, 4) is 0 Å². The maximum Gasteiger partial charge on any atom is 0.407 e. The molecule has 0 aromatic rings. The molecule has 0 fully saturated rings. The van der Waals surface area contributed by atoms with E-state index in [-0.39, 0.29) is 11.5 Å². The number of nitrogens with one attached hydrogen (secondary N) is 2. The summed E-state index contributed by atoms with van der Waals surface area (Å²) < 4.78 is 10.5. The van der Waals surface area contributed by atoms with E-state index in [9.17, 15) is 4.79 Å². The molecule has 5 nitrogen and oxygen atoms in total. The van der Waals surface area contributed by atoms with E-state index >= 15 is 0 Å². The van der Waals surface area contributed by atoms with Crippen molar-refractivity contribution in [1.82, 2.24) is 10.6 Å². The second-order valence-corrected chi connectivity index (χ2v) is 7.98. The van der Waals surface area contributed by atoms with Crippen LogP contribution in [0.15, 0.2) is 0 Å². The number of hydrogen-bond donors (Lipinski definition) is 2. The van der Waals surface area contributed by atoms with E-state index in [1.54, 1.807) is 7.11 Å². The summed E-state index contributed by atoms with van der Waals surface area (Å²) in [6, 6.07) is 0.686. The Labute approximate surface area is 136 Å². The molecule has 5 heteroatoms. The lowest BCUT2D eigenvalue weighted by atomic mass is 9.87. The second-order valence-electron chi connectivity index (χ2n) is 7.98. The highest BCUT2D eigenvalue weighted by Crippen LogP contribution is 2.19. The first-order valence-corrected chi connectivity index (χ1v) is 8.17. The molecule has 0 aliphatic rings. The molecule has 0 spiro atoms. The number of carbonyl (C=O) groups is 1. The normalized spacial score (nSPS) is 15.3. The Morgan fingerprint density at radius 3 is 2.18 bits per heavy atom. The molecule has 0 rings (SSSR count). The SMILES string of the molecule is COCC(CCCNC(=O)OC(C)(C)C)NC(C)C(C)(C)C. The third kappa shape index (κ3) is 10.9. The third-order valence-corrected chi connectivity index (χ3v) is 3.55. The zero-order valence-electron chi connectivity index (χ0n) is 15.7. The van der Waals surface area contributed by atoms with Gasteiger partial charge in [-0.25, -0.2) is 4.79 Å². The monoisotopic (exact) mass is 316 g/mol. The van der Waals surface area contributed by atoms with Gasteiger partial charge in [-0.2, -0.15) is 0 Å². The van der Waals surface area contributed by atoms with Crippen molar-refractivity contribution in [1.29, 1.82) is 0 Å². The fraction of sp³-hybridized carbons (Fsp3) is 0.941. The predicted molar refractivity (Wildman–Crippen MR) is 91.2 cm³/mol. The summed E-state index contributed by atoms with van der Waals surface area (Å²) in [6.07, 6.45) is 1.48. The van der Waals surface area contributed by atoms with Crippen molar-refractivity contribution >= 4 is 6.09 Å². The van der Waals surface area contributed by atoms with Crippen molar-refractivity contribution in [2.24, 2.45) is 5.41 Å². The zero-order valence-corrected chi connectivity index (χ0v) is 15.7. The van der Waals surface area contributed by atoms with Crippen LogP contribution in [-0.2, 0) is 9.47 Å². The molecule has 0 radical (unpaired) electrons. The van der Waals surface area contributed by atoms with Crippen molar-refractivity contribution in [2.75, 3.05) is 20.3 Å². The maximum absolute atomic E-state index is 11.6. The summed E-state index contributed by atoms with van der Waals surface area (Å²) >= 11 is 0. The van der Waals surface area contributed by atoms with Gasteiger partial charge in [0.05, 0.1) is 6.61 Å². The first kappa shape index (κ1) is 21.2. The molecule has 0 heterocycles. The summed E-state index contributed by atoms with van der Waals surface area (Å²) in [7, 11) is 1.72. The molecule has 0 aromatic heterocycles. The van der Waals surface area contributed by atoms with Crippen LogP contribution in [0.25, 0.3) is 0 Å². The number of rotatable bonds is 8. The number of methoxy groups -OCH3 is 1. The van der Waals surface area contributed by atoms with E-state index in [0.717, 1.165) is 12.8 Å².